The Morgan fingerprint density at radius 3 is 2.34 bits per heavy atom. The van der Waals surface area contributed by atoms with Crippen molar-refractivity contribution in [2.45, 2.75) is 24.2 Å². The van der Waals surface area contributed by atoms with Gasteiger partial charge in [-0.1, -0.05) is 18.2 Å². The van der Waals surface area contributed by atoms with Crippen LogP contribution >= 0.6 is 0 Å². The summed E-state index contributed by atoms with van der Waals surface area (Å²) in [6.07, 6.45) is 2.15. The Labute approximate surface area is 190 Å². The van der Waals surface area contributed by atoms with Crippen LogP contribution in [0.25, 0.3) is 0 Å². The molecule has 1 N–H and O–H groups in total. The van der Waals surface area contributed by atoms with E-state index in [4.69, 9.17) is 4.74 Å². The molecule has 0 saturated carbocycles. The molecule has 8 heteroatoms. The number of nitrogens with one attached hydrogen (secondary N) is 1. The van der Waals surface area contributed by atoms with E-state index in [1.165, 1.54) is 9.99 Å². The molecule has 2 aliphatic rings. The minimum atomic E-state index is -3.55. The summed E-state index contributed by atoms with van der Waals surface area (Å²) in [7, 11) is -2.01. The monoisotopic (exact) mass is 457 g/mol. The fourth-order valence-electron chi connectivity index (χ4n) is 4.52. The van der Waals surface area contributed by atoms with Crippen LogP contribution in [0, 0.1) is 11.8 Å². The van der Waals surface area contributed by atoms with Gasteiger partial charge in [-0.3, -0.25) is 4.79 Å². The van der Waals surface area contributed by atoms with E-state index in [2.05, 4.69) is 22.3 Å². The molecule has 4 rings (SSSR count). The minimum Gasteiger partial charge on any atom is -0.497 e. The number of nitrogens with zero attached hydrogens (tertiary/aromatic N) is 2. The molecule has 2 aromatic rings. The van der Waals surface area contributed by atoms with E-state index in [0.29, 0.717) is 44.1 Å². The fourth-order valence-corrected chi connectivity index (χ4v) is 5.99. The number of para-hydroxylation sites is 1. The number of carbonyl (C=O) groups is 1. The van der Waals surface area contributed by atoms with Crippen LogP contribution in [-0.2, 0) is 14.8 Å². The molecule has 0 aliphatic carbocycles. The largest absolute Gasteiger partial charge is 0.497 e. The third kappa shape index (κ3) is 5.07. The number of anilines is 1. The first kappa shape index (κ1) is 22.6. The van der Waals surface area contributed by atoms with E-state index in [0.717, 1.165) is 19.5 Å². The molecule has 0 bridgehead atoms. The molecular weight excluding hydrogens is 426 g/mol. The van der Waals surface area contributed by atoms with Crippen molar-refractivity contribution in [3.8, 4) is 5.75 Å². The summed E-state index contributed by atoms with van der Waals surface area (Å²) in [5, 5.41) is 3.12. The molecule has 1 unspecified atom stereocenters. The summed E-state index contributed by atoms with van der Waals surface area (Å²) < 4.78 is 32.4. The van der Waals surface area contributed by atoms with Gasteiger partial charge in [-0.2, -0.15) is 4.31 Å². The van der Waals surface area contributed by atoms with E-state index >= 15 is 0 Å². The zero-order valence-corrected chi connectivity index (χ0v) is 19.3. The standard InChI is InChI=1S/C24H31N3O4S/c1-31-22-7-9-23(10-8-22)32(29,30)27-15-12-20(13-16-27)24(28)25-17-19-11-14-26(18-19)21-5-3-2-4-6-21/h2-10,19-20H,11-18H2,1H3,(H,25,28). The molecule has 32 heavy (non-hydrogen) atoms. The molecule has 2 saturated heterocycles. The predicted molar refractivity (Wildman–Crippen MR) is 124 cm³/mol. The summed E-state index contributed by atoms with van der Waals surface area (Å²) in [6, 6.07) is 16.8. The van der Waals surface area contributed by atoms with E-state index in [1.54, 1.807) is 31.4 Å². The van der Waals surface area contributed by atoms with Gasteiger partial charge < -0.3 is 15.0 Å². The molecule has 1 amide bonds. The minimum absolute atomic E-state index is 0.0460. The van der Waals surface area contributed by atoms with Gasteiger partial charge in [-0.05, 0) is 61.6 Å². The molecule has 172 valence electrons. The van der Waals surface area contributed by atoms with Gasteiger partial charge in [-0.25, -0.2) is 8.42 Å². The third-order valence-electron chi connectivity index (χ3n) is 6.49. The first-order valence-corrected chi connectivity index (χ1v) is 12.6. The summed E-state index contributed by atoms with van der Waals surface area (Å²) in [5.74, 6) is 0.969. The Hall–Kier alpha value is -2.58. The van der Waals surface area contributed by atoms with Crippen molar-refractivity contribution in [3.05, 3.63) is 54.6 Å². The van der Waals surface area contributed by atoms with E-state index < -0.39 is 10.0 Å². The second kappa shape index (κ2) is 9.92. The summed E-state index contributed by atoms with van der Waals surface area (Å²) in [4.78, 5) is 15.3. The van der Waals surface area contributed by atoms with Crippen LogP contribution in [0.2, 0.25) is 0 Å². The third-order valence-corrected chi connectivity index (χ3v) is 8.41. The Bertz CT molecular complexity index is 1000. The highest BCUT2D eigenvalue weighted by Gasteiger charge is 2.32. The van der Waals surface area contributed by atoms with Crippen LogP contribution in [0.3, 0.4) is 0 Å². The smallest absolute Gasteiger partial charge is 0.243 e. The van der Waals surface area contributed by atoms with Crippen molar-refractivity contribution in [2.75, 3.05) is 44.7 Å². The maximum atomic E-state index is 12.9. The average molecular weight is 458 g/mol. The normalized spacial score (nSPS) is 20.3. The van der Waals surface area contributed by atoms with Crippen molar-refractivity contribution in [2.24, 2.45) is 11.8 Å². The van der Waals surface area contributed by atoms with E-state index in [-0.39, 0.29) is 16.7 Å². The summed E-state index contributed by atoms with van der Waals surface area (Å²) in [6.45, 7) is 3.34. The molecule has 2 aliphatic heterocycles. The lowest BCUT2D eigenvalue weighted by Crippen LogP contribution is -2.43. The number of piperidine rings is 1. The average Bonchev–Trinajstić information content (AvgIpc) is 3.32. The van der Waals surface area contributed by atoms with Crippen molar-refractivity contribution in [1.82, 2.24) is 9.62 Å². The van der Waals surface area contributed by atoms with Gasteiger partial charge >= 0.3 is 0 Å². The lowest BCUT2D eigenvalue weighted by molar-refractivity contribution is -0.126. The highest BCUT2D eigenvalue weighted by atomic mass is 32.2. The number of ether oxygens (including phenoxy) is 1. The topological polar surface area (TPSA) is 79.0 Å². The van der Waals surface area contributed by atoms with Gasteiger partial charge in [0, 0.05) is 44.3 Å². The molecule has 2 aromatic carbocycles. The number of sulfonamides is 1. The Morgan fingerprint density at radius 1 is 1.00 bits per heavy atom. The highest BCUT2D eigenvalue weighted by molar-refractivity contribution is 7.89. The van der Waals surface area contributed by atoms with Crippen molar-refractivity contribution < 1.29 is 17.9 Å². The van der Waals surface area contributed by atoms with Gasteiger partial charge in [0.1, 0.15) is 5.75 Å². The fraction of sp³-hybridized carbons (Fsp3) is 0.458. The number of benzene rings is 2. The molecule has 0 spiro atoms. The van der Waals surface area contributed by atoms with E-state index in [9.17, 15) is 13.2 Å². The van der Waals surface area contributed by atoms with E-state index in [1.807, 2.05) is 18.2 Å². The molecule has 2 heterocycles. The van der Waals surface area contributed by atoms with Gasteiger partial charge in [0.25, 0.3) is 0 Å². The van der Waals surface area contributed by atoms with Gasteiger partial charge in [0.05, 0.1) is 12.0 Å². The summed E-state index contributed by atoms with van der Waals surface area (Å²) >= 11 is 0. The lowest BCUT2D eigenvalue weighted by Gasteiger charge is -2.30. The summed E-state index contributed by atoms with van der Waals surface area (Å²) in [5.41, 5.74) is 1.23. The number of methoxy groups -OCH3 is 1. The second-order valence-electron chi connectivity index (χ2n) is 8.54. The predicted octanol–water partition coefficient (Wildman–Crippen LogP) is 2.74. The number of carbonyl (C=O) groups excluding carboxylic acids is 1. The number of hydrogen-bond donors (Lipinski definition) is 1. The van der Waals surface area contributed by atoms with Crippen LogP contribution < -0.4 is 15.0 Å². The van der Waals surface area contributed by atoms with Crippen molar-refractivity contribution in [1.29, 1.82) is 0 Å². The molecule has 0 aromatic heterocycles. The van der Waals surface area contributed by atoms with Gasteiger partial charge in [0.15, 0.2) is 0 Å². The molecule has 2 fully saturated rings. The zero-order valence-electron chi connectivity index (χ0n) is 18.4. The van der Waals surface area contributed by atoms with Crippen LogP contribution in [0.1, 0.15) is 19.3 Å². The highest BCUT2D eigenvalue weighted by Crippen LogP contribution is 2.26. The SMILES string of the molecule is COc1ccc(S(=O)(=O)N2CCC(C(=O)NCC3CCN(c4ccccc4)C3)CC2)cc1. The second-order valence-corrected chi connectivity index (χ2v) is 10.5. The maximum absolute atomic E-state index is 12.9. The van der Waals surface area contributed by atoms with Crippen molar-refractivity contribution in [3.63, 3.8) is 0 Å². The Kier molecular flexibility index (Phi) is 7.01. The Balaban J connectivity index is 1.24. The van der Waals surface area contributed by atoms with Crippen molar-refractivity contribution >= 4 is 21.6 Å². The maximum Gasteiger partial charge on any atom is 0.243 e. The molecule has 1 atom stereocenters. The Morgan fingerprint density at radius 2 is 1.69 bits per heavy atom. The van der Waals surface area contributed by atoms with Gasteiger partial charge in [-0.15, -0.1) is 0 Å². The molecular formula is C24H31N3O4S. The van der Waals surface area contributed by atoms with Gasteiger partial charge in [0.2, 0.25) is 15.9 Å². The molecule has 0 radical (unpaired) electrons. The van der Waals surface area contributed by atoms with Crippen LogP contribution in [0.5, 0.6) is 5.75 Å². The van der Waals surface area contributed by atoms with Crippen LogP contribution in [0.15, 0.2) is 59.5 Å². The van der Waals surface area contributed by atoms with Crippen LogP contribution in [0.4, 0.5) is 5.69 Å². The van der Waals surface area contributed by atoms with Crippen LogP contribution in [-0.4, -0.2) is 58.5 Å². The first-order chi connectivity index (χ1) is 15.5. The number of amides is 1. The number of rotatable bonds is 7. The number of hydrogen-bond acceptors (Lipinski definition) is 5. The lowest BCUT2D eigenvalue weighted by atomic mass is 9.97. The first-order valence-electron chi connectivity index (χ1n) is 11.2. The molecule has 7 nitrogen and oxygen atoms in total. The zero-order chi connectivity index (χ0) is 22.6. The quantitative estimate of drug-likeness (QED) is 0.692.